The third kappa shape index (κ3) is 4.60. The van der Waals surface area contributed by atoms with Crippen LogP contribution in [0.1, 0.15) is 25.3 Å². The number of likely N-dealkylation sites (N-methyl/N-ethyl adjacent to an activating group) is 1. The molecule has 0 spiro atoms. The predicted molar refractivity (Wildman–Crippen MR) is 88.3 cm³/mol. The van der Waals surface area contributed by atoms with Crippen LogP contribution in [0.15, 0.2) is 24.3 Å². The third-order valence-corrected chi connectivity index (χ3v) is 3.87. The van der Waals surface area contributed by atoms with Gasteiger partial charge in [-0.3, -0.25) is 4.79 Å². The van der Waals surface area contributed by atoms with Crippen molar-refractivity contribution in [2.45, 2.75) is 38.5 Å². The minimum Gasteiger partial charge on any atom is -0.497 e. The fraction of sp³-hybridized carbons (Fsp3) is 0.562. The minimum atomic E-state index is -0.336. The highest BCUT2D eigenvalue weighted by atomic mass is 35.5. The topological polar surface area (TPSA) is 64.8 Å². The monoisotopic (exact) mass is 328 g/mol. The highest BCUT2D eigenvalue weighted by Gasteiger charge is 2.32. The molecule has 1 heterocycles. The molecule has 1 amide bonds. The Balaban J connectivity index is 0.00000242. The highest BCUT2D eigenvalue weighted by molar-refractivity contribution is 5.85. The van der Waals surface area contributed by atoms with Crippen molar-refractivity contribution in [3.8, 4) is 5.75 Å². The fourth-order valence-corrected chi connectivity index (χ4v) is 2.56. The Hall–Kier alpha value is -1.30. The molecule has 0 radical (unpaired) electrons. The maximum Gasteiger partial charge on any atom is 0.252 e. The van der Waals surface area contributed by atoms with E-state index in [1.807, 2.05) is 36.1 Å². The first-order valence-corrected chi connectivity index (χ1v) is 7.45. The third-order valence-electron chi connectivity index (χ3n) is 3.87. The van der Waals surface area contributed by atoms with Crippen LogP contribution in [0.5, 0.6) is 5.75 Å². The Bertz CT molecular complexity index is 467. The van der Waals surface area contributed by atoms with Crippen LogP contribution in [0.4, 0.5) is 0 Å². The number of carbonyl (C=O) groups excluding carboxylic acids is 1. The zero-order valence-electron chi connectivity index (χ0n) is 13.2. The van der Waals surface area contributed by atoms with Crippen molar-refractivity contribution < 1.29 is 14.3 Å². The minimum absolute atomic E-state index is 0. The first kappa shape index (κ1) is 18.7. The second-order valence-electron chi connectivity index (χ2n) is 5.26. The van der Waals surface area contributed by atoms with Crippen LogP contribution in [0.3, 0.4) is 0 Å². The Morgan fingerprint density at radius 2 is 2.05 bits per heavy atom. The van der Waals surface area contributed by atoms with Gasteiger partial charge in [0.25, 0.3) is 5.91 Å². The zero-order chi connectivity index (χ0) is 15.2. The quantitative estimate of drug-likeness (QED) is 0.867. The van der Waals surface area contributed by atoms with E-state index in [2.05, 4.69) is 0 Å². The fourth-order valence-electron chi connectivity index (χ4n) is 2.56. The van der Waals surface area contributed by atoms with Gasteiger partial charge in [0.2, 0.25) is 0 Å². The molecule has 124 valence electrons. The van der Waals surface area contributed by atoms with E-state index in [-0.39, 0.29) is 30.5 Å². The molecule has 0 unspecified atom stereocenters. The van der Waals surface area contributed by atoms with Gasteiger partial charge in [-0.25, -0.2) is 0 Å². The number of ether oxygens (including phenoxy) is 2. The van der Waals surface area contributed by atoms with Crippen LogP contribution in [0.25, 0.3) is 0 Å². The summed E-state index contributed by atoms with van der Waals surface area (Å²) < 4.78 is 10.8. The van der Waals surface area contributed by atoms with Gasteiger partial charge in [-0.1, -0.05) is 12.1 Å². The van der Waals surface area contributed by atoms with Gasteiger partial charge in [0, 0.05) is 19.6 Å². The summed E-state index contributed by atoms with van der Waals surface area (Å²) in [6.45, 7) is 3.72. The van der Waals surface area contributed by atoms with Gasteiger partial charge in [-0.2, -0.15) is 0 Å². The number of hydrogen-bond donors (Lipinski definition) is 1. The van der Waals surface area contributed by atoms with E-state index in [0.717, 1.165) is 24.2 Å². The van der Waals surface area contributed by atoms with E-state index < -0.39 is 0 Å². The summed E-state index contributed by atoms with van der Waals surface area (Å²) in [5, 5.41) is 0. The summed E-state index contributed by atoms with van der Waals surface area (Å²) in [6, 6.07) is 7.77. The summed E-state index contributed by atoms with van der Waals surface area (Å²) in [5.41, 5.74) is 6.68. The van der Waals surface area contributed by atoms with E-state index in [4.69, 9.17) is 15.2 Å². The summed E-state index contributed by atoms with van der Waals surface area (Å²) >= 11 is 0. The van der Waals surface area contributed by atoms with Gasteiger partial charge < -0.3 is 20.1 Å². The molecular formula is C16H25ClN2O3. The van der Waals surface area contributed by atoms with E-state index in [1.165, 1.54) is 0 Å². The molecule has 1 aromatic rings. The predicted octanol–water partition coefficient (Wildman–Crippen LogP) is 1.97. The van der Waals surface area contributed by atoms with Crippen molar-refractivity contribution >= 4 is 18.3 Å². The van der Waals surface area contributed by atoms with Gasteiger partial charge in [0.1, 0.15) is 11.9 Å². The Labute approximate surface area is 138 Å². The van der Waals surface area contributed by atoms with Crippen molar-refractivity contribution in [3.05, 3.63) is 29.8 Å². The lowest BCUT2D eigenvalue weighted by Crippen LogP contribution is -2.39. The first-order valence-electron chi connectivity index (χ1n) is 7.45. The van der Waals surface area contributed by atoms with Gasteiger partial charge in [0.05, 0.1) is 13.2 Å². The molecule has 0 aromatic heterocycles. The number of amides is 1. The van der Waals surface area contributed by atoms with E-state index in [1.54, 1.807) is 7.11 Å². The van der Waals surface area contributed by atoms with Crippen LogP contribution >= 0.6 is 12.4 Å². The molecule has 2 rings (SSSR count). The van der Waals surface area contributed by atoms with Gasteiger partial charge in [-0.05, 0) is 37.5 Å². The maximum atomic E-state index is 12.5. The second kappa shape index (κ2) is 8.98. The van der Waals surface area contributed by atoms with Crippen molar-refractivity contribution in [1.82, 2.24) is 4.90 Å². The Kier molecular flexibility index (Phi) is 7.65. The molecule has 1 aliphatic rings. The number of rotatable bonds is 6. The molecule has 1 saturated heterocycles. The molecule has 6 heteroatoms. The number of halogens is 1. The van der Waals surface area contributed by atoms with E-state index in [0.29, 0.717) is 19.6 Å². The molecule has 1 aromatic carbocycles. The average Bonchev–Trinajstić information content (AvgIpc) is 3.01. The highest BCUT2D eigenvalue weighted by Crippen LogP contribution is 2.22. The van der Waals surface area contributed by atoms with Crippen molar-refractivity contribution in [2.24, 2.45) is 5.73 Å². The number of carbonyl (C=O) groups is 1. The molecule has 1 aliphatic heterocycles. The molecule has 22 heavy (non-hydrogen) atoms. The largest absolute Gasteiger partial charge is 0.497 e. The van der Waals surface area contributed by atoms with Crippen LogP contribution in [-0.2, 0) is 16.1 Å². The maximum absolute atomic E-state index is 12.5. The lowest BCUT2D eigenvalue weighted by atomic mass is 10.1. The molecule has 1 fully saturated rings. The van der Waals surface area contributed by atoms with E-state index in [9.17, 15) is 4.79 Å². The molecule has 2 atom stereocenters. The van der Waals surface area contributed by atoms with Gasteiger partial charge in [0.15, 0.2) is 0 Å². The summed E-state index contributed by atoms with van der Waals surface area (Å²) in [4.78, 5) is 14.3. The smallest absolute Gasteiger partial charge is 0.252 e. The van der Waals surface area contributed by atoms with Crippen molar-refractivity contribution in [1.29, 1.82) is 0 Å². The van der Waals surface area contributed by atoms with E-state index >= 15 is 0 Å². The summed E-state index contributed by atoms with van der Waals surface area (Å²) in [7, 11) is 1.64. The molecule has 2 N–H and O–H groups in total. The number of methoxy groups -OCH3 is 1. The lowest BCUT2D eigenvalue weighted by Gasteiger charge is -2.24. The van der Waals surface area contributed by atoms with Crippen LogP contribution in [0, 0.1) is 0 Å². The van der Waals surface area contributed by atoms with Crippen LogP contribution in [0.2, 0.25) is 0 Å². The normalized spacial score (nSPS) is 20.3. The molecule has 5 nitrogen and oxygen atoms in total. The van der Waals surface area contributed by atoms with Crippen molar-refractivity contribution in [3.63, 3.8) is 0 Å². The van der Waals surface area contributed by atoms with Crippen molar-refractivity contribution in [2.75, 3.05) is 20.2 Å². The van der Waals surface area contributed by atoms with Crippen LogP contribution < -0.4 is 10.5 Å². The second-order valence-corrected chi connectivity index (χ2v) is 5.26. The standard InChI is InChI=1S/C16H24N2O3.ClH/c1-3-18(11-12-4-6-13(20-2)7-5-12)16(19)15-9-8-14(10-17)21-15;/h4-7,14-15H,3,8-11,17H2,1-2H3;1H/t14-,15+;/m1./s1. The Morgan fingerprint density at radius 3 is 2.55 bits per heavy atom. The number of benzene rings is 1. The molecular weight excluding hydrogens is 304 g/mol. The molecule has 0 bridgehead atoms. The van der Waals surface area contributed by atoms with Gasteiger partial charge in [-0.15, -0.1) is 12.4 Å². The van der Waals surface area contributed by atoms with Crippen LogP contribution in [-0.4, -0.2) is 43.2 Å². The number of nitrogens with two attached hydrogens (primary N) is 1. The first-order chi connectivity index (χ1) is 10.2. The SMILES string of the molecule is CCN(Cc1ccc(OC)cc1)C(=O)[C@@H]1CC[C@H](CN)O1.Cl. The molecule has 0 aliphatic carbocycles. The Morgan fingerprint density at radius 1 is 1.36 bits per heavy atom. The summed E-state index contributed by atoms with van der Waals surface area (Å²) in [6.07, 6.45) is 1.32. The van der Waals surface area contributed by atoms with Gasteiger partial charge >= 0.3 is 0 Å². The lowest BCUT2D eigenvalue weighted by molar-refractivity contribution is -0.143. The number of hydrogen-bond acceptors (Lipinski definition) is 4. The molecule has 0 saturated carbocycles. The average molecular weight is 329 g/mol. The summed E-state index contributed by atoms with van der Waals surface area (Å²) in [5.74, 6) is 0.877. The zero-order valence-corrected chi connectivity index (χ0v) is 14.0. The number of nitrogens with zero attached hydrogens (tertiary/aromatic N) is 1.